The van der Waals surface area contributed by atoms with E-state index in [1.807, 2.05) is 24.0 Å². The first-order valence-corrected chi connectivity index (χ1v) is 24.4. The summed E-state index contributed by atoms with van der Waals surface area (Å²) in [6, 6.07) is 11.0. The molecule has 0 radical (unpaired) electrons. The average molecular weight is 906 g/mol. The molecule has 0 saturated heterocycles. The summed E-state index contributed by atoms with van der Waals surface area (Å²) < 4.78 is 26.6. The SMILES string of the molecule is C=CCOC12Oc3ccc(Oc4cccc([N+](=O)[O-])c4)cc3C3C(CCCCO)C(CCCCO)C=C(C(=NOCC)CC1N(CCOCCO)C(=O)CCCCCCCCCCC)C32. The van der Waals surface area contributed by atoms with Crippen LogP contribution in [0, 0.1) is 27.9 Å². The summed E-state index contributed by atoms with van der Waals surface area (Å²) in [4.78, 5) is 33.8. The number of nitro groups is 1. The van der Waals surface area contributed by atoms with Crippen LogP contribution < -0.4 is 9.47 Å². The van der Waals surface area contributed by atoms with E-state index in [1.54, 1.807) is 24.3 Å². The Hall–Kier alpha value is -4.34. The number of nitrogens with zero attached hydrogens (tertiary/aromatic N) is 3. The molecule has 3 N–H and O–H groups in total. The highest BCUT2D eigenvalue weighted by Crippen LogP contribution is 2.62. The minimum atomic E-state index is -1.43. The van der Waals surface area contributed by atoms with Crippen molar-refractivity contribution in [2.75, 3.05) is 52.8 Å². The van der Waals surface area contributed by atoms with E-state index in [0.29, 0.717) is 48.8 Å². The molecule has 14 nitrogen and oxygen atoms in total. The van der Waals surface area contributed by atoms with Crippen LogP contribution in [0.2, 0.25) is 0 Å². The Morgan fingerprint density at radius 3 is 2.34 bits per heavy atom. The molecule has 6 unspecified atom stereocenters. The monoisotopic (exact) mass is 906 g/mol. The van der Waals surface area contributed by atoms with Crippen LogP contribution in [-0.2, 0) is 19.1 Å². The zero-order valence-electron chi connectivity index (χ0n) is 38.9. The maximum absolute atomic E-state index is 14.8. The summed E-state index contributed by atoms with van der Waals surface area (Å²) in [5, 5.41) is 45.9. The van der Waals surface area contributed by atoms with Gasteiger partial charge in [0.25, 0.3) is 5.69 Å². The van der Waals surface area contributed by atoms with E-state index in [9.17, 15) is 30.2 Å². The van der Waals surface area contributed by atoms with Gasteiger partial charge in [0.1, 0.15) is 29.9 Å². The predicted molar refractivity (Wildman–Crippen MR) is 251 cm³/mol. The normalized spacial score (nSPS) is 22.6. The number of nitro benzene ring substituents is 1. The number of rotatable bonds is 32. The lowest BCUT2D eigenvalue weighted by molar-refractivity contribution is -0.384. The maximum atomic E-state index is 14.8. The Labute approximate surface area is 386 Å². The maximum Gasteiger partial charge on any atom is 0.273 e. The summed E-state index contributed by atoms with van der Waals surface area (Å²) >= 11 is 0. The van der Waals surface area contributed by atoms with Gasteiger partial charge in [-0.2, -0.15) is 0 Å². The first-order valence-electron chi connectivity index (χ1n) is 24.4. The van der Waals surface area contributed by atoms with E-state index in [2.05, 4.69) is 19.6 Å². The lowest BCUT2D eigenvalue weighted by atomic mass is 9.55. The average Bonchev–Trinajstić information content (AvgIpc) is 3.31. The molecular weight excluding hydrogens is 831 g/mol. The molecular formula is C51H75N3O11. The molecule has 2 aromatic carbocycles. The van der Waals surface area contributed by atoms with E-state index < -0.39 is 22.7 Å². The zero-order chi connectivity index (χ0) is 46.4. The van der Waals surface area contributed by atoms with E-state index in [0.717, 1.165) is 62.5 Å². The van der Waals surface area contributed by atoms with Crippen LogP contribution in [0.1, 0.15) is 134 Å². The highest BCUT2D eigenvalue weighted by atomic mass is 16.7. The van der Waals surface area contributed by atoms with Crippen LogP contribution in [0.15, 0.2) is 71.9 Å². The number of unbranched alkanes of at least 4 members (excludes halogenated alkanes) is 10. The van der Waals surface area contributed by atoms with Crippen molar-refractivity contribution in [3.63, 3.8) is 0 Å². The number of oxime groups is 1. The standard InChI is InChI=1S/C51H75N3O11/c1-4-7-8-9-10-11-12-13-14-24-48(58)53(27-32-61-33-30-57)47-37-45(52-63-6-3)43-34-38(20-15-17-28-55)42(23-16-18-29-56)49-44-36-41(64-40-22-19-21-39(35-40)54(59)60)25-26-46(44)65-51(47,50(43)49)62-31-5-2/h5,19,21-22,25-26,34-36,38,42,47,49-50,55-57H,2,4,6-18,20,23-24,27-33,37H2,1,3H3. The third kappa shape index (κ3) is 13.9. The number of hydrogen-bond donors (Lipinski definition) is 3. The molecule has 1 amide bonds. The number of carbonyl (C=O) groups excluding carboxylic acids is 1. The van der Waals surface area contributed by atoms with Crippen LogP contribution in [0.3, 0.4) is 0 Å². The minimum Gasteiger partial charge on any atom is -0.459 e. The number of hydrogen-bond acceptors (Lipinski definition) is 12. The number of ether oxygens (including phenoxy) is 4. The zero-order valence-corrected chi connectivity index (χ0v) is 38.9. The van der Waals surface area contributed by atoms with Gasteiger partial charge >= 0.3 is 0 Å². The third-order valence-corrected chi connectivity index (χ3v) is 13.1. The highest BCUT2D eigenvalue weighted by Gasteiger charge is 2.65. The number of fused-ring (bicyclic) bond motifs is 2. The van der Waals surface area contributed by atoms with E-state index in [4.69, 9.17) is 28.9 Å². The number of aliphatic hydroxyl groups excluding tert-OH is 3. The minimum absolute atomic E-state index is 0.00233. The molecule has 14 heteroatoms. The molecule has 1 heterocycles. The van der Waals surface area contributed by atoms with Crippen molar-refractivity contribution >= 4 is 17.3 Å². The van der Waals surface area contributed by atoms with Crippen molar-refractivity contribution in [2.24, 2.45) is 22.9 Å². The van der Waals surface area contributed by atoms with Gasteiger partial charge in [-0.3, -0.25) is 14.9 Å². The Morgan fingerprint density at radius 1 is 0.923 bits per heavy atom. The van der Waals surface area contributed by atoms with Gasteiger partial charge in [0, 0.05) is 50.1 Å². The fraction of sp³-hybridized carbons (Fsp3) is 0.647. The Balaban J connectivity index is 1.65. The van der Waals surface area contributed by atoms with Gasteiger partial charge in [-0.1, -0.05) is 94.5 Å². The Bertz CT molecular complexity index is 1850. The third-order valence-electron chi connectivity index (χ3n) is 13.1. The van der Waals surface area contributed by atoms with Crippen molar-refractivity contribution in [3.8, 4) is 17.2 Å². The second-order valence-electron chi connectivity index (χ2n) is 17.5. The van der Waals surface area contributed by atoms with Crippen molar-refractivity contribution < 1.29 is 48.8 Å². The first-order chi connectivity index (χ1) is 31.8. The molecule has 1 fully saturated rings. The fourth-order valence-electron chi connectivity index (χ4n) is 10.2. The highest BCUT2D eigenvalue weighted by molar-refractivity contribution is 6.03. The van der Waals surface area contributed by atoms with Gasteiger partial charge in [0.2, 0.25) is 11.7 Å². The lowest BCUT2D eigenvalue weighted by Crippen LogP contribution is -2.70. The number of amides is 1. The summed E-state index contributed by atoms with van der Waals surface area (Å²) in [6.07, 6.45) is 19.1. The molecule has 3 aliphatic rings. The topological polar surface area (TPSA) is 183 Å². The molecule has 2 aliphatic carbocycles. The van der Waals surface area contributed by atoms with Crippen molar-refractivity contribution in [1.29, 1.82) is 0 Å². The lowest BCUT2D eigenvalue weighted by Gasteiger charge is -2.60. The number of aliphatic hydroxyl groups is 3. The van der Waals surface area contributed by atoms with E-state index in [1.165, 1.54) is 44.2 Å². The molecule has 1 aliphatic heterocycles. The number of allylic oxidation sites excluding steroid dienone is 1. The number of carbonyl (C=O) groups is 1. The molecule has 0 bridgehead atoms. The Kier molecular flexibility index (Phi) is 21.7. The quantitative estimate of drug-likeness (QED) is 0.0275. The molecule has 5 rings (SSSR count). The van der Waals surface area contributed by atoms with Crippen molar-refractivity contribution in [3.05, 3.63) is 82.4 Å². The van der Waals surface area contributed by atoms with Gasteiger partial charge in [-0.25, -0.2) is 0 Å². The predicted octanol–water partition coefficient (Wildman–Crippen LogP) is 9.80. The van der Waals surface area contributed by atoms with Gasteiger partial charge in [0.05, 0.1) is 49.0 Å². The summed E-state index contributed by atoms with van der Waals surface area (Å²) in [5.74, 6) is -0.839. The molecule has 65 heavy (non-hydrogen) atoms. The van der Waals surface area contributed by atoms with Gasteiger partial charge in [0.15, 0.2) is 0 Å². The molecule has 1 saturated carbocycles. The fourth-order valence-corrected chi connectivity index (χ4v) is 10.2. The molecule has 0 spiro atoms. The second kappa shape index (κ2) is 27.3. The smallest absolute Gasteiger partial charge is 0.273 e. The molecule has 2 aromatic rings. The number of benzene rings is 2. The van der Waals surface area contributed by atoms with Crippen LogP contribution in [0.4, 0.5) is 5.69 Å². The first kappa shape index (κ1) is 51.6. The summed E-state index contributed by atoms with van der Waals surface area (Å²) in [6.45, 7) is 9.17. The molecule has 360 valence electrons. The number of non-ortho nitro benzene ring substituents is 1. The van der Waals surface area contributed by atoms with Crippen LogP contribution in [0.5, 0.6) is 17.2 Å². The second-order valence-corrected chi connectivity index (χ2v) is 17.5. The van der Waals surface area contributed by atoms with Gasteiger partial charge < -0.3 is 44.0 Å². The summed E-state index contributed by atoms with van der Waals surface area (Å²) in [5.41, 5.74) is 2.42. The summed E-state index contributed by atoms with van der Waals surface area (Å²) in [7, 11) is 0. The van der Waals surface area contributed by atoms with E-state index in [-0.39, 0.29) is 82.0 Å². The molecule has 6 atom stereocenters. The largest absolute Gasteiger partial charge is 0.459 e. The van der Waals surface area contributed by atoms with Crippen LogP contribution in [-0.4, -0.2) is 101 Å². The van der Waals surface area contributed by atoms with Crippen LogP contribution >= 0.6 is 0 Å². The van der Waals surface area contributed by atoms with Gasteiger partial charge in [-0.15, -0.1) is 6.58 Å². The molecule has 0 aromatic heterocycles. The Morgan fingerprint density at radius 2 is 1.65 bits per heavy atom. The van der Waals surface area contributed by atoms with Crippen LogP contribution in [0.25, 0.3) is 0 Å². The van der Waals surface area contributed by atoms with Crippen molar-refractivity contribution in [2.45, 2.75) is 141 Å². The van der Waals surface area contributed by atoms with Gasteiger partial charge in [-0.05, 0) is 80.7 Å². The van der Waals surface area contributed by atoms with Crippen molar-refractivity contribution in [1.82, 2.24) is 4.90 Å². The van der Waals surface area contributed by atoms with E-state index >= 15 is 0 Å².